The number of ketones is 1. The first-order valence-corrected chi connectivity index (χ1v) is 7.59. The highest BCUT2D eigenvalue weighted by molar-refractivity contribution is 9.10. The number of hydrogen-bond acceptors (Lipinski definition) is 3. The Kier molecular flexibility index (Phi) is 6.02. The van der Waals surface area contributed by atoms with Crippen LogP contribution in [0.4, 0.5) is 0 Å². The third kappa shape index (κ3) is 3.65. The molecule has 0 aliphatic carbocycles. The molecular weight excluding hydrogens is 364 g/mol. The van der Waals surface area contributed by atoms with Crippen LogP contribution in [0.3, 0.4) is 0 Å². The standard InChI is InChI=1S/C13H14Br2O3/c1-3-18-13(17)11-6-9(12(16)8(2)15)4-5-10(11)7-14/h4-6,8H,3,7H2,1-2H3. The van der Waals surface area contributed by atoms with Crippen LogP contribution in [0.2, 0.25) is 0 Å². The van der Waals surface area contributed by atoms with E-state index in [4.69, 9.17) is 4.74 Å². The fraction of sp³-hybridized carbons (Fsp3) is 0.385. The van der Waals surface area contributed by atoms with E-state index in [1.165, 1.54) is 0 Å². The van der Waals surface area contributed by atoms with Crippen LogP contribution in [0, 0.1) is 0 Å². The van der Waals surface area contributed by atoms with Crippen molar-refractivity contribution in [3.05, 3.63) is 34.9 Å². The number of carbonyl (C=O) groups excluding carboxylic acids is 2. The number of Topliss-reactive ketones (excluding diaryl/α,β-unsaturated/α-hetero) is 1. The predicted octanol–water partition coefficient (Wildman–Crippen LogP) is 3.72. The molecule has 0 aromatic heterocycles. The summed E-state index contributed by atoms with van der Waals surface area (Å²) in [6.45, 7) is 3.82. The Morgan fingerprint density at radius 2 is 2.06 bits per heavy atom. The zero-order valence-corrected chi connectivity index (χ0v) is 13.4. The minimum atomic E-state index is -0.399. The maximum Gasteiger partial charge on any atom is 0.338 e. The van der Waals surface area contributed by atoms with Crippen LogP contribution in [0.1, 0.15) is 40.1 Å². The minimum Gasteiger partial charge on any atom is -0.462 e. The number of benzene rings is 1. The van der Waals surface area contributed by atoms with Crippen molar-refractivity contribution in [2.75, 3.05) is 6.61 Å². The minimum absolute atomic E-state index is 0.0540. The van der Waals surface area contributed by atoms with Gasteiger partial charge in [0.15, 0.2) is 5.78 Å². The largest absolute Gasteiger partial charge is 0.462 e. The van der Waals surface area contributed by atoms with E-state index < -0.39 is 5.97 Å². The molecule has 1 rings (SSSR count). The summed E-state index contributed by atoms with van der Waals surface area (Å²) in [6, 6.07) is 5.08. The lowest BCUT2D eigenvalue weighted by molar-refractivity contribution is 0.0525. The normalized spacial score (nSPS) is 12.0. The summed E-state index contributed by atoms with van der Waals surface area (Å²) >= 11 is 6.55. The van der Waals surface area contributed by atoms with E-state index in [0.29, 0.717) is 23.1 Å². The maximum atomic E-state index is 11.9. The van der Waals surface area contributed by atoms with Gasteiger partial charge in [-0.05, 0) is 25.5 Å². The molecule has 0 aliphatic heterocycles. The van der Waals surface area contributed by atoms with Crippen molar-refractivity contribution in [3.63, 3.8) is 0 Å². The van der Waals surface area contributed by atoms with Crippen molar-refractivity contribution >= 4 is 43.6 Å². The Bertz CT molecular complexity index is 456. The summed E-state index contributed by atoms with van der Waals surface area (Å²) in [4.78, 5) is 23.4. The van der Waals surface area contributed by atoms with E-state index in [0.717, 1.165) is 5.56 Å². The first kappa shape index (κ1) is 15.4. The Morgan fingerprint density at radius 1 is 1.39 bits per heavy atom. The topological polar surface area (TPSA) is 43.4 Å². The van der Waals surface area contributed by atoms with Gasteiger partial charge in [0.05, 0.1) is 17.0 Å². The molecule has 5 heteroatoms. The zero-order valence-electron chi connectivity index (χ0n) is 10.2. The first-order chi connectivity index (χ1) is 8.51. The van der Waals surface area contributed by atoms with Crippen molar-refractivity contribution in [2.24, 2.45) is 0 Å². The molecule has 3 nitrogen and oxygen atoms in total. The number of esters is 1. The van der Waals surface area contributed by atoms with Crippen molar-refractivity contribution in [3.8, 4) is 0 Å². The number of carbonyl (C=O) groups is 2. The number of alkyl halides is 2. The van der Waals surface area contributed by atoms with E-state index in [1.807, 2.05) is 0 Å². The Morgan fingerprint density at radius 3 is 2.56 bits per heavy atom. The highest BCUT2D eigenvalue weighted by atomic mass is 79.9. The average Bonchev–Trinajstić information content (AvgIpc) is 2.37. The van der Waals surface area contributed by atoms with Gasteiger partial charge in [-0.2, -0.15) is 0 Å². The van der Waals surface area contributed by atoms with E-state index in [9.17, 15) is 9.59 Å². The summed E-state index contributed by atoms with van der Waals surface area (Å²) in [7, 11) is 0. The van der Waals surface area contributed by atoms with Crippen LogP contribution >= 0.6 is 31.9 Å². The lowest BCUT2D eigenvalue weighted by atomic mass is 10.0. The van der Waals surface area contributed by atoms with Crippen LogP contribution in [0.25, 0.3) is 0 Å². The van der Waals surface area contributed by atoms with Crippen molar-refractivity contribution in [1.29, 1.82) is 0 Å². The molecule has 1 aromatic carbocycles. The summed E-state index contributed by atoms with van der Waals surface area (Å²) in [5.74, 6) is -0.453. The van der Waals surface area contributed by atoms with Crippen LogP contribution in [-0.2, 0) is 10.1 Å². The van der Waals surface area contributed by atoms with Gasteiger partial charge in [0.2, 0.25) is 0 Å². The molecule has 0 fully saturated rings. The quantitative estimate of drug-likeness (QED) is 0.446. The average molecular weight is 378 g/mol. The van der Waals surface area contributed by atoms with Crippen LogP contribution in [-0.4, -0.2) is 23.2 Å². The Hall–Kier alpha value is -0.680. The maximum absolute atomic E-state index is 11.9. The van der Waals surface area contributed by atoms with Gasteiger partial charge in [-0.3, -0.25) is 4.79 Å². The molecule has 0 bridgehead atoms. The summed E-state index contributed by atoms with van der Waals surface area (Å²) in [5.41, 5.74) is 1.76. The molecule has 0 heterocycles. The molecule has 0 aliphatic rings. The van der Waals surface area contributed by atoms with E-state index in [2.05, 4.69) is 31.9 Å². The number of hydrogen-bond donors (Lipinski definition) is 0. The number of rotatable bonds is 5. The van der Waals surface area contributed by atoms with Gasteiger partial charge in [0, 0.05) is 10.9 Å². The first-order valence-electron chi connectivity index (χ1n) is 5.55. The Balaban J connectivity index is 3.17. The van der Waals surface area contributed by atoms with Gasteiger partial charge >= 0.3 is 5.97 Å². The summed E-state index contributed by atoms with van der Waals surface area (Å²) < 4.78 is 4.98. The zero-order chi connectivity index (χ0) is 13.7. The second kappa shape index (κ2) is 7.04. The summed E-state index contributed by atoms with van der Waals surface area (Å²) in [5, 5.41) is 0.541. The molecule has 1 aromatic rings. The highest BCUT2D eigenvalue weighted by Gasteiger charge is 2.17. The molecule has 0 radical (unpaired) electrons. The fourth-order valence-corrected chi connectivity index (χ4v) is 2.23. The lowest BCUT2D eigenvalue weighted by Crippen LogP contribution is -2.13. The molecular formula is C13H14Br2O3. The molecule has 0 N–H and O–H groups in total. The van der Waals surface area contributed by atoms with E-state index in [1.54, 1.807) is 32.0 Å². The molecule has 0 saturated heterocycles. The van der Waals surface area contributed by atoms with Gasteiger partial charge in [-0.15, -0.1) is 0 Å². The van der Waals surface area contributed by atoms with Crippen molar-refractivity contribution in [2.45, 2.75) is 24.0 Å². The SMILES string of the molecule is CCOC(=O)c1cc(C(=O)C(C)Br)ccc1CBr. The second-order valence-electron chi connectivity index (χ2n) is 3.71. The molecule has 98 valence electrons. The third-order valence-corrected chi connectivity index (χ3v) is 3.41. The third-order valence-electron chi connectivity index (χ3n) is 2.39. The van der Waals surface area contributed by atoms with Crippen LogP contribution < -0.4 is 0 Å². The van der Waals surface area contributed by atoms with Crippen LogP contribution in [0.15, 0.2) is 18.2 Å². The van der Waals surface area contributed by atoms with Crippen molar-refractivity contribution in [1.82, 2.24) is 0 Å². The van der Waals surface area contributed by atoms with Gasteiger partial charge in [-0.25, -0.2) is 4.79 Å². The lowest BCUT2D eigenvalue weighted by Gasteiger charge is -2.09. The van der Waals surface area contributed by atoms with Gasteiger partial charge in [0.1, 0.15) is 0 Å². The van der Waals surface area contributed by atoms with Crippen molar-refractivity contribution < 1.29 is 14.3 Å². The molecule has 1 atom stereocenters. The van der Waals surface area contributed by atoms with Gasteiger partial charge < -0.3 is 4.74 Å². The monoisotopic (exact) mass is 376 g/mol. The Labute approximate surface area is 123 Å². The van der Waals surface area contributed by atoms with E-state index in [-0.39, 0.29) is 10.6 Å². The summed E-state index contributed by atoms with van der Waals surface area (Å²) in [6.07, 6.45) is 0. The fourth-order valence-electron chi connectivity index (χ4n) is 1.47. The number of ether oxygens (including phenoxy) is 1. The second-order valence-corrected chi connectivity index (χ2v) is 5.64. The van der Waals surface area contributed by atoms with E-state index >= 15 is 0 Å². The van der Waals surface area contributed by atoms with Crippen LogP contribution in [0.5, 0.6) is 0 Å². The molecule has 1 unspecified atom stereocenters. The van der Waals surface area contributed by atoms with Gasteiger partial charge in [0.25, 0.3) is 0 Å². The molecule has 0 spiro atoms. The molecule has 18 heavy (non-hydrogen) atoms. The van der Waals surface area contributed by atoms with Gasteiger partial charge in [-0.1, -0.05) is 44.0 Å². The molecule has 0 amide bonds. The smallest absolute Gasteiger partial charge is 0.338 e. The predicted molar refractivity (Wildman–Crippen MR) is 77.7 cm³/mol. The molecule has 0 saturated carbocycles. The highest BCUT2D eigenvalue weighted by Crippen LogP contribution is 2.19. The number of halogens is 2.